The van der Waals surface area contributed by atoms with Crippen LogP contribution >= 0.6 is 12.4 Å². The van der Waals surface area contributed by atoms with Crippen LogP contribution in [0.2, 0.25) is 0 Å². The van der Waals surface area contributed by atoms with Gasteiger partial charge in [-0.2, -0.15) is 8.42 Å². The van der Waals surface area contributed by atoms with Crippen LogP contribution in [0, 0.1) is 15.9 Å². The SMILES string of the molecule is Cl.Nc1c(S(=O)(=O)O)cc([N+](=O)[O-])c2c1C(=O)c1cc(F)ccc1C2=O. The van der Waals surface area contributed by atoms with Crippen molar-refractivity contribution in [3.8, 4) is 0 Å². The number of rotatable bonds is 2. The molecule has 0 spiro atoms. The minimum absolute atomic E-state index is 0. The highest BCUT2D eigenvalue weighted by Crippen LogP contribution is 2.39. The third-order valence-corrected chi connectivity index (χ3v) is 4.60. The maximum atomic E-state index is 13.4. The lowest BCUT2D eigenvalue weighted by molar-refractivity contribution is -0.385. The maximum Gasteiger partial charge on any atom is 0.296 e. The number of fused-ring (bicyclic) bond motifs is 2. The van der Waals surface area contributed by atoms with E-state index in [0.29, 0.717) is 6.07 Å². The van der Waals surface area contributed by atoms with E-state index in [9.17, 15) is 37.1 Å². The van der Waals surface area contributed by atoms with Gasteiger partial charge >= 0.3 is 0 Å². The maximum absolute atomic E-state index is 13.4. The third kappa shape index (κ3) is 2.71. The molecule has 0 amide bonds. The summed E-state index contributed by atoms with van der Waals surface area (Å²) in [5, 5.41) is 11.2. The summed E-state index contributed by atoms with van der Waals surface area (Å²) >= 11 is 0. The number of ketones is 2. The van der Waals surface area contributed by atoms with Crippen molar-refractivity contribution < 1.29 is 31.9 Å². The smallest absolute Gasteiger partial charge is 0.296 e. The van der Waals surface area contributed by atoms with E-state index in [1.807, 2.05) is 0 Å². The molecule has 136 valence electrons. The molecule has 2 aromatic carbocycles. The van der Waals surface area contributed by atoms with E-state index in [1.165, 1.54) is 0 Å². The Hall–Kier alpha value is -2.89. The van der Waals surface area contributed by atoms with Crippen molar-refractivity contribution in [2.24, 2.45) is 0 Å². The Kier molecular flexibility index (Phi) is 4.58. The molecule has 0 saturated heterocycles. The van der Waals surface area contributed by atoms with Crippen LogP contribution in [0.25, 0.3) is 0 Å². The first kappa shape index (κ1) is 19.4. The Balaban J connectivity index is 0.00000243. The van der Waals surface area contributed by atoms with Gasteiger partial charge in [0.15, 0.2) is 5.78 Å². The molecule has 0 atom stereocenters. The first-order valence-electron chi connectivity index (χ1n) is 6.51. The van der Waals surface area contributed by atoms with Gasteiger partial charge in [-0.1, -0.05) is 0 Å². The van der Waals surface area contributed by atoms with Crippen molar-refractivity contribution in [1.29, 1.82) is 0 Å². The summed E-state index contributed by atoms with van der Waals surface area (Å²) in [6.45, 7) is 0. The minimum Gasteiger partial charge on any atom is -0.397 e. The molecule has 9 nitrogen and oxygen atoms in total. The van der Waals surface area contributed by atoms with Crippen LogP contribution in [-0.2, 0) is 10.1 Å². The zero-order valence-electron chi connectivity index (χ0n) is 12.4. The highest BCUT2D eigenvalue weighted by atomic mass is 35.5. The fraction of sp³-hybridized carbons (Fsp3) is 0. The summed E-state index contributed by atoms with van der Waals surface area (Å²) in [6.07, 6.45) is 0. The Morgan fingerprint density at radius 1 is 1.08 bits per heavy atom. The third-order valence-electron chi connectivity index (χ3n) is 3.71. The van der Waals surface area contributed by atoms with E-state index in [-0.39, 0.29) is 18.0 Å². The van der Waals surface area contributed by atoms with Crippen LogP contribution in [0.4, 0.5) is 15.8 Å². The molecule has 3 N–H and O–H groups in total. The second-order valence-corrected chi connectivity index (χ2v) is 6.53. The van der Waals surface area contributed by atoms with Gasteiger partial charge in [0.1, 0.15) is 16.3 Å². The van der Waals surface area contributed by atoms with E-state index in [1.54, 1.807) is 0 Å². The van der Waals surface area contributed by atoms with Crippen LogP contribution in [0.3, 0.4) is 0 Å². The number of nitrogens with two attached hydrogens (primary N) is 1. The highest BCUT2D eigenvalue weighted by Gasteiger charge is 2.40. The van der Waals surface area contributed by atoms with Crippen LogP contribution in [0.5, 0.6) is 0 Å². The molecule has 0 heterocycles. The summed E-state index contributed by atoms with van der Waals surface area (Å²) in [5.74, 6) is -2.89. The number of nitro groups is 1. The number of hydrogen-bond acceptors (Lipinski definition) is 7. The zero-order chi connectivity index (χ0) is 18.7. The molecule has 0 aromatic heterocycles. The monoisotopic (exact) mass is 402 g/mol. The largest absolute Gasteiger partial charge is 0.397 e. The Morgan fingerprint density at radius 3 is 2.19 bits per heavy atom. The number of hydrogen-bond donors (Lipinski definition) is 2. The zero-order valence-corrected chi connectivity index (χ0v) is 14.1. The van der Waals surface area contributed by atoms with E-state index >= 15 is 0 Å². The molecule has 3 rings (SSSR count). The predicted molar refractivity (Wildman–Crippen MR) is 87.8 cm³/mol. The summed E-state index contributed by atoms with van der Waals surface area (Å²) < 4.78 is 45.4. The van der Waals surface area contributed by atoms with Crippen LogP contribution in [0.15, 0.2) is 29.2 Å². The van der Waals surface area contributed by atoms with Crippen LogP contribution in [-0.4, -0.2) is 29.5 Å². The van der Waals surface area contributed by atoms with Gasteiger partial charge in [0, 0.05) is 17.2 Å². The second-order valence-electron chi connectivity index (χ2n) is 5.14. The van der Waals surface area contributed by atoms with E-state index in [4.69, 9.17) is 5.73 Å². The van der Waals surface area contributed by atoms with Crippen LogP contribution < -0.4 is 5.73 Å². The van der Waals surface area contributed by atoms with E-state index in [2.05, 4.69) is 0 Å². The first-order valence-corrected chi connectivity index (χ1v) is 7.95. The van der Waals surface area contributed by atoms with Gasteiger partial charge in [-0.15, -0.1) is 12.4 Å². The fourth-order valence-electron chi connectivity index (χ4n) is 2.65. The van der Waals surface area contributed by atoms with Crippen molar-refractivity contribution in [2.45, 2.75) is 4.90 Å². The molecule has 1 aliphatic carbocycles. The lowest BCUT2D eigenvalue weighted by atomic mass is 9.82. The molecular weight excluding hydrogens is 395 g/mol. The van der Waals surface area contributed by atoms with E-state index < -0.39 is 65.4 Å². The van der Waals surface area contributed by atoms with Crippen molar-refractivity contribution in [3.63, 3.8) is 0 Å². The fourth-order valence-corrected chi connectivity index (χ4v) is 3.30. The van der Waals surface area contributed by atoms with Crippen molar-refractivity contribution in [1.82, 2.24) is 0 Å². The second kappa shape index (κ2) is 6.12. The normalized spacial score (nSPS) is 12.8. The number of carbonyl (C=O) groups excluding carboxylic acids is 2. The molecule has 0 saturated carbocycles. The van der Waals surface area contributed by atoms with Gasteiger partial charge in [-0.05, 0) is 18.2 Å². The molecule has 12 heteroatoms. The van der Waals surface area contributed by atoms with Gasteiger partial charge in [-0.25, -0.2) is 4.39 Å². The lowest BCUT2D eigenvalue weighted by Gasteiger charge is -2.20. The molecule has 2 aromatic rings. The number of benzene rings is 2. The number of anilines is 1. The minimum atomic E-state index is -5.02. The summed E-state index contributed by atoms with van der Waals surface area (Å²) in [6, 6.07) is 3.04. The number of halogens is 2. The number of nitrogen functional groups attached to an aromatic ring is 1. The standard InChI is InChI=1S/C14H7FN2O7S.ClH/c15-5-1-2-6-7(3-5)14(19)11-10(13(6)18)8(17(20)21)4-9(12(11)16)25(22,23)24;/h1-4H,16H2,(H,22,23,24);1H. The quantitative estimate of drug-likeness (QED) is 0.284. The van der Waals surface area contributed by atoms with Crippen molar-refractivity contribution in [2.75, 3.05) is 5.73 Å². The van der Waals surface area contributed by atoms with Gasteiger partial charge in [0.05, 0.1) is 16.2 Å². The van der Waals surface area contributed by atoms with Gasteiger partial charge in [-0.3, -0.25) is 24.3 Å². The number of nitrogens with zero attached hydrogens (tertiary/aromatic N) is 1. The van der Waals surface area contributed by atoms with E-state index in [0.717, 1.165) is 18.2 Å². The van der Waals surface area contributed by atoms with Gasteiger partial charge < -0.3 is 5.73 Å². The van der Waals surface area contributed by atoms with Crippen molar-refractivity contribution in [3.05, 3.63) is 62.5 Å². The molecule has 0 unspecified atom stereocenters. The average Bonchev–Trinajstić information content (AvgIpc) is 2.50. The Bertz CT molecular complexity index is 1110. The summed E-state index contributed by atoms with van der Waals surface area (Å²) in [4.78, 5) is 34.2. The lowest BCUT2D eigenvalue weighted by Crippen LogP contribution is -2.25. The molecule has 26 heavy (non-hydrogen) atoms. The van der Waals surface area contributed by atoms with Gasteiger partial charge in [0.2, 0.25) is 5.78 Å². The molecule has 1 aliphatic rings. The molecular formula is C14H8ClFN2O7S. The highest BCUT2D eigenvalue weighted by molar-refractivity contribution is 7.86. The summed E-state index contributed by atoms with van der Waals surface area (Å²) in [5.41, 5.74) is 1.59. The molecule has 0 aliphatic heterocycles. The van der Waals surface area contributed by atoms with Crippen molar-refractivity contribution >= 4 is 45.5 Å². The number of carbonyl (C=O) groups is 2. The Morgan fingerprint density at radius 2 is 1.65 bits per heavy atom. The molecule has 0 fully saturated rings. The average molecular weight is 403 g/mol. The molecule has 0 radical (unpaired) electrons. The Labute approximate surface area is 150 Å². The predicted octanol–water partition coefficient (Wildman–Crippen LogP) is 1.76. The summed E-state index contributed by atoms with van der Waals surface area (Å²) in [7, 11) is -5.02. The van der Waals surface area contributed by atoms with Crippen LogP contribution in [0.1, 0.15) is 31.8 Å². The van der Waals surface area contributed by atoms with Gasteiger partial charge in [0.25, 0.3) is 15.8 Å². The molecule has 0 bridgehead atoms. The first-order chi connectivity index (χ1) is 11.5. The topological polar surface area (TPSA) is 158 Å². The number of nitro benzene ring substituents is 1.